The van der Waals surface area contributed by atoms with Crippen LogP contribution in [0, 0.1) is 0 Å². The Hall–Kier alpha value is -2.49. The van der Waals surface area contributed by atoms with E-state index >= 15 is 0 Å². The number of ketones is 1. The van der Waals surface area contributed by atoms with Gasteiger partial charge in [0.05, 0.1) is 26.9 Å². The lowest BCUT2D eigenvalue weighted by Gasteiger charge is -2.12. The molecule has 0 unspecified atom stereocenters. The first-order valence-corrected chi connectivity index (χ1v) is 6.57. The summed E-state index contributed by atoms with van der Waals surface area (Å²) in [6, 6.07) is 12.7. The van der Waals surface area contributed by atoms with Crippen LogP contribution in [0.2, 0.25) is 0 Å². The topological polar surface area (TPSA) is 44.8 Å². The number of ether oxygens (including phenoxy) is 3. The highest BCUT2D eigenvalue weighted by molar-refractivity contribution is 6.01. The number of carbonyl (C=O) groups excluding carboxylic acids is 1. The van der Waals surface area contributed by atoms with Gasteiger partial charge in [-0.05, 0) is 18.2 Å². The molecule has 0 spiro atoms. The molecule has 0 amide bonds. The van der Waals surface area contributed by atoms with Gasteiger partial charge in [-0.1, -0.05) is 24.3 Å². The van der Waals surface area contributed by atoms with Crippen molar-refractivity contribution in [2.45, 2.75) is 6.42 Å². The highest BCUT2D eigenvalue weighted by atomic mass is 16.5. The number of hydrogen-bond donors (Lipinski definition) is 0. The average molecular weight is 286 g/mol. The van der Waals surface area contributed by atoms with Crippen molar-refractivity contribution >= 4 is 5.78 Å². The summed E-state index contributed by atoms with van der Waals surface area (Å²) in [5, 5.41) is 0. The van der Waals surface area contributed by atoms with Gasteiger partial charge in [-0.15, -0.1) is 0 Å². The molecule has 0 radical (unpaired) electrons. The van der Waals surface area contributed by atoms with Crippen LogP contribution in [0.4, 0.5) is 0 Å². The van der Waals surface area contributed by atoms with E-state index in [4.69, 9.17) is 14.2 Å². The third kappa shape index (κ3) is 3.16. The second kappa shape index (κ2) is 6.79. The molecule has 0 aliphatic heterocycles. The molecule has 2 aromatic rings. The van der Waals surface area contributed by atoms with Crippen LogP contribution in [-0.4, -0.2) is 27.1 Å². The van der Waals surface area contributed by atoms with Gasteiger partial charge in [0, 0.05) is 12.0 Å². The molecular formula is C17H18O4. The SMILES string of the molecule is COc1ccccc1CC(=O)c1cccc(OC)c1OC. The van der Waals surface area contributed by atoms with Crippen LogP contribution in [0.3, 0.4) is 0 Å². The van der Waals surface area contributed by atoms with Crippen LogP contribution in [0.25, 0.3) is 0 Å². The highest BCUT2D eigenvalue weighted by Crippen LogP contribution is 2.32. The van der Waals surface area contributed by atoms with Gasteiger partial charge < -0.3 is 14.2 Å². The van der Waals surface area contributed by atoms with Crippen LogP contribution in [0.15, 0.2) is 42.5 Å². The van der Waals surface area contributed by atoms with Crippen molar-refractivity contribution in [2.24, 2.45) is 0 Å². The van der Waals surface area contributed by atoms with E-state index in [9.17, 15) is 4.79 Å². The quantitative estimate of drug-likeness (QED) is 0.765. The monoisotopic (exact) mass is 286 g/mol. The second-order valence-electron chi connectivity index (χ2n) is 4.45. The predicted octanol–water partition coefficient (Wildman–Crippen LogP) is 3.14. The molecule has 110 valence electrons. The predicted molar refractivity (Wildman–Crippen MR) is 80.6 cm³/mol. The van der Waals surface area contributed by atoms with Gasteiger partial charge in [0.2, 0.25) is 0 Å². The van der Waals surface area contributed by atoms with E-state index in [-0.39, 0.29) is 12.2 Å². The summed E-state index contributed by atoms with van der Waals surface area (Å²) in [6.45, 7) is 0. The minimum absolute atomic E-state index is 0.0461. The minimum Gasteiger partial charge on any atom is -0.496 e. The Morgan fingerprint density at radius 1 is 0.857 bits per heavy atom. The fraction of sp³-hybridized carbons (Fsp3) is 0.235. The first kappa shape index (κ1) is 14.9. The number of hydrogen-bond acceptors (Lipinski definition) is 4. The van der Waals surface area contributed by atoms with Crippen molar-refractivity contribution in [3.05, 3.63) is 53.6 Å². The second-order valence-corrected chi connectivity index (χ2v) is 4.45. The lowest BCUT2D eigenvalue weighted by atomic mass is 10.0. The molecule has 2 rings (SSSR count). The van der Waals surface area contributed by atoms with Gasteiger partial charge in [0.1, 0.15) is 5.75 Å². The maximum Gasteiger partial charge on any atom is 0.171 e. The number of benzene rings is 2. The van der Waals surface area contributed by atoms with Gasteiger partial charge in [-0.3, -0.25) is 4.79 Å². The number of rotatable bonds is 6. The number of para-hydroxylation sites is 2. The zero-order valence-corrected chi connectivity index (χ0v) is 12.4. The maximum atomic E-state index is 12.5. The van der Waals surface area contributed by atoms with Crippen LogP contribution in [0.1, 0.15) is 15.9 Å². The molecule has 21 heavy (non-hydrogen) atoms. The molecule has 0 aliphatic rings. The summed E-state index contributed by atoms with van der Waals surface area (Å²) in [5.41, 5.74) is 1.35. The summed E-state index contributed by atoms with van der Waals surface area (Å²) in [4.78, 5) is 12.5. The Kier molecular flexibility index (Phi) is 4.82. The van der Waals surface area contributed by atoms with E-state index in [1.54, 1.807) is 32.4 Å². The Balaban J connectivity index is 2.33. The van der Waals surface area contributed by atoms with Gasteiger partial charge in [-0.2, -0.15) is 0 Å². The summed E-state index contributed by atoms with van der Waals surface area (Å²) in [7, 11) is 4.67. The zero-order valence-electron chi connectivity index (χ0n) is 12.4. The van der Waals surface area contributed by atoms with Gasteiger partial charge >= 0.3 is 0 Å². The van der Waals surface area contributed by atoms with E-state index in [0.29, 0.717) is 22.8 Å². The fourth-order valence-corrected chi connectivity index (χ4v) is 2.22. The van der Waals surface area contributed by atoms with Crippen molar-refractivity contribution in [3.63, 3.8) is 0 Å². The lowest BCUT2D eigenvalue weighted by Crippen LogP contribution is -2.07. The summed E-state index contributed by atoms with van der Waals surface area (Å²) < 4.78 is 15.8. The molecule has 0 aromatic heterocycles. The van der Waals surface area contributed by atoms with E-state index in [0.717, 1.165) is 5.56 Å². The average Bonchev–Trinajstić information content (AvgIpc) is 2.54. The van der Waals surface area contributed by atoms with Crippen molar-refractivity contribution < 1.29 is 19.0 Å². The Morgan fingerprint density at radius 3 is 2.19 bits per heavy atom. The smallest absolute Gasteiger partial charge is 0.171 e. The summed E-state index contributed by atoms with van der Waals surface area (Å²) in [6.07, 6.45) is 0.244. The fourth-order valence-electron chi connectivity index (χ4n) is 2.22. The van der Waals surface area contributed by atoms with Crippen molar-refractivity contribution in [1.29, 1.82) is 0 Å². The first-order chi connectivity index (χ1) is 10.2. The normalized spacial score (nSPS) is 10.0. The van der Waals surface area contributed by atoms with Crippen LogP contribution >= 0.6 is 0 Å². The Bertz CT molecular complexity index is 634. The molecule has 0 heterocycles. The molecule has 0 saturated carbocycles. The van der Waals surface area contributed by atoms with Crippen molar-refractivity contribution in [1.82, 2.24) is 0 Å². The number of carbonyl (C=O) groups is 1. The van der Waals surface area contributed by atoms with Gasteiger partial charge in [-0.25, -0.2) is 0 Å². The van der Waals surface area contributed by atoms with E-state index in [2.05, 4.69) is 0 Å². The molecule has 0 atom stereocenters. The lowest BCUT2D eigenvalue weighted by molar-refractivity contribution is 0.0988. The third-order valence-electron chi connectivity index (χ3n) is 3.25. The molecule has 4 heteroatoms. The van der Waals surface area contributed by atoms with Crippen LogP contribution in [0.5, 0.6) is 17.2 Å². The molecule has 0 aliphatic carbocycles. The molecular weight excluding hydrogens is 268 g/mol. The number of Topliss-reactive ketones (excluding diaryl/α,β-unsaturated/α-hetero) is 1. The molecule has 0 N–H and O–H groups in total. The zero-order chi connectivity index (χ0) is 15.2. The van der Waals surface area contributed by atoms with E-state index in [1.807, 2.05) is 24.3 Å². The largest absolute Gasteiger partial charge is 0.496 e. The number of methoxy groups -OCH3 is 3. The first-order valence-electron chi connectivity index (χ1n) is 6.57. The molecule has 0 fully saturated rings. The Labute approximate surface area is 124 Å². The van der Waals surface area contributed by atoms with Gasteiger partial charge in [0.15, 0.2) is 17.3 Å². The van der Waals surface area contributed by atoms with E-state index in [1.165, 1.54) is 7.11 Å². The highest BCUT2D eigenvalue weighted by Gasteiger charge is 2.17. The van der Waals surface area contributed by atoms with Crippen LogP contribution in [-0.2, 0) is 6.42 Å². The summed E-state index contributed by atoms with van der Waals surface area (Å²) in [5.74, 6) is 1.66. The third-order valence-corrected chi connectivity index (χ3v) is 3.25. The molecule has 0 saturated heterocycles. The van der Waals surface area contributed by atoms with Gasteiger partial charge in [0.25, 0.3) is 0 Å². The minimum atomic E-state index is -0.0461. The maximum absolute atomic E-state index is 12.5. The van der Waals surface area contributed by atoms with Crippen LogP contribution < -0.4 is 14.2 Å². The summed E-state index contributed by atoms with van der Waals surface area (Å²) >= 11 is 0. The molecule has 2 aromatic carbocycles. The molecule has 0 bridgehead atoms. The van der Waals surface area contributed by atoms with Crippen molar-refractivity contribution in [3.8, 4) is 17.2 Å². The van der Waals surface area contributed by atoms with Crippen molar-refractivity contribution in [2.75, 3.05) is 21.3 Å². The Morgan fingerprint density at radius 2 is 1.52 bits per heavy atom. The molecule has 4 nitrogen and oxygen atoms in total. The van der Waals surface area contributed by atoms with E-state index < -0.39 is 0 Å². The standard InChI is InChI=1S/C17H18O4/c1-19-15-9-5-4-7-12(15)11-14(18)13-8-6-10-16(20-2)17(13)21-3/h4-10H,11H2,1-3H3.